The van der Waals surface area contributed by atoms with Crippen LogP contribution in [0, 0.1) is 5.92 Å². The zero-order valence-electron chi connectivity index (χ0n) is 10.9. The minimum Gasteiger partial charge on any atom is -0.356 e. The Hall–Kier alpha value is -1.27. The quantitative estimate of drug-likeness (QED) is 0.722. The van der Waals surface area contributed by atoms with E-state index in [9.17, 15) is 22.8 Å². The van der Waals surface area contributed by atoms with Gasteiger partial charge in [0, 0.05) is 32.5 Å². The summed E-state index contributed by atoms with van der Waals surface area (Å²) in [5.74, 6) is -0.187. The first kappa shape index (κ1) is 15.8. The highest BCUT2D eigenvalue weighted by Crippen LogP contribution is 2.28. The normalized spacial score (nSPS) is 15.2. The number of hydrogen-bond donors (Lipinski definition) is 1. The van der Waals surface area contributed by atoms with Gasteiger partial charge in [-0.15, -0.1) is 0 Å². The molecule has 1 rings (SSSR count). The monoisotopic (exact) mass is 280 g/mol. The Labute approximate surface area is 110 Å². The fourth-order valence-corrected chi connectivity index (χ4v) is 1.55. The molecule has 0 heterocycles. The molecule has 4 nitrogen and oxygen atoms in total. The topological polar surface area (TPSA) is 49.4 Å². The first-order valence-electron chi connectivity index (χ1n) is 6.38. The fraction of sp³-hybridized carbons (Fsp3) is 0.833. The van der Waals surface area contributed by atoms with E-state index in [2.05, 4.69) is 5.32 Å². The molecule has 7 heteroatoms. The second-order valence-corrected chi connectivity index (χ2v) is 4.85. The van der Waals surface area contributed by atoms with Gasteiger partial charge in [-0.25, -0.2) is 0 Å². The molecule has 1 aliphatic rings. The summed E-state index contributed by atoms with van der Waals surface area (Å²) in [7, 11) is 1.36. The molecule has 0 radical (unpaired) electrons. The zero-order valence-corrected chi connectivity index (χ0v) is 10.9. The van der Waals surface area contributed by atoms with Gasteiger partial charge in [0.15, 0.2) is 0 Å². The molecule has 0 aromatic heterocycles. The highest BCUT2D eigenvalue weighted by Gasteiger charge is 2.29. The molecular weight excluding hydrogens is 261 g/mol. The Morgan fingerprint density at radius 3 is 2.47 bits per heavy atom. The third kappa shape index (κ3) is 7.03. The first-order chi connectivity index (χ1) is 8.79. The maximum atomic E-state index is 12.0. The van der Waals surface area contributed by atoms with Crippen LogP contribution in [0.4, 0.5) is 13.2 Å². The van der Waals surface area contributed by atoms with E-state index in [1.165, 1.54) is 7.05 Å². The van der Waals surface area contributed by atoms with Crippen molar-refractivity contribution >= 4 is 11.8 Å². The third-order valence-electron chi connectivity index (χ3n) is 2.97. The summed E-state index contributed by atoms with van der Waals surface area (Å²) in [5, 5.41) is 2.71. The molecule has 1 aliphatic carbocycles. The van der Waals surface area contributed by atoms with Gasteiger partial charge < -0.3 is 10.2 Å². The molecule has 19 heavy (non-hydrogen) atoms. The van der Waals surface area contributed by atoms with E-state index >= 15 is 0 Å². The van der Waals surface area contributed by atoms with Gasteiger partial charge in [-0.1, -0.05) is 0 Å². The lowest BCUT2D eigenvalue weighted by Gasteiger charge is -2.18. The third-order valence-corrected chi connectivity index (χ3v) is 2.97. The lowest BCUT2D eigenvalue weighted by Crippen LogP contribution is -2.31. The van der Waals surface area contributed by atoms with Crippen molar-refractivity contribution in [1.29, 1.82) is 0 Å². The molecule has 1 saturated carbocycles. The van der Waals surface area contributed by atoms with Gasteiger partial charge >= 0.3 is 6.18 Å². The predicted octanol–water partition coefficient (Wildman–Crippen LogP) is 1.70. The summed E-state index contributed by atoms with van der Waals surface area (Å²) in [6, 6.07) is 0. The van der Waals surface area contributed by atoms with Gasteiger partial charge in [0.1, 0.15) is 0 Å². The van der Waals surface area contributed by atoms with Crippen LogP contribution < -0.4 is 5.32 Å². The largest absolute Gasteiger partial charge is 0.390 e. The summed E-state index contributed by atoms with van der Waals surface area (Å²) >= 11 is 0. The van der Waals surface area contributed by atoms with Gasteiger partial charge in [-0.2, -0.15) is 13.2 Å². The number of halogens is 3. The molecule has 0 saturated heterocycles. The Morgan fingerprint density at radius 1 is 1.32 bits per heavy atom. The summed E-state index contributed by atoms with van der Waals surface area (Å²) < 4.78 is 35.9. The average Bonchev–Trinajstić information content (AvgIpc) is 3.14. The van der Waals surface area contributed by atoms with Crippen molar-refractivity contribution in [1.82, 2.24) is 10.2 Å². The van der Waals surface area contributed by atoms with E-state index in [-0.39, 0.29) is 30.7 Å². The van der Waals surface area contributed by atoms with Crippen LogP contribution in [0.25, 0.3) is 0 Å². The van der Waals surface area contributed by atoms with E-state index in [0.717, 1.165) is 17.7 Å². The molecule has 1 N–H and O–H groups in total. The summed E-state index contributed by atoms with van der Waals surface area (Å²) in [6.45, 7) is 0.0744. The van der Waals surface area contributed by atoms with E-state index < -0.39 is 12.6 Å². The molecule has 2 amide bonds. The smallest absolute Gasteiger partial charge is 0.356 e. The molecule has 0 bridgehead atoms. The van der Waals surface area contributed by atoms with Crippen LogP contribution in [0.15, 0.2) is 0 Å². The Morgan fingerprint density at radius 2 is 1.95 bits per heavy atom. The molecule has 0 aromatic rings. The van der Waals surface area contributed by atoms with Crippen LogP contribution in [0.2, 0.25) is 0 Å². The van der Waals surface area contributed by atoms with Crippen molar-refractivity contribution in [2.24, 2.45) is 5.92 Å². The van der Waals surface area contributed by atoms with Crippen molar-refractivity contribution < 1.29 is 22.8 Å². The van der Waals surface area contributed by atoms with Gasteiger partial charge in [0.25, 0.3) is 0 Å². The number of nitrogens with one attached hydrogen (secondary N) is 1. The first-order valence-corrected chi connectivity index (χ1v) is 6.38. The molecule has 0 spiro atoms. The van der Waals surface area contributed by atoms with Gasteiger partial charge in [-0.3, -0.25) is 9.59 Å². The molecule has 0 unspecified atom stereocenters. The summed E-state index contributed by atoms with van der Waals surface area (Å²) in [6.07, 6.45) is -2.79. The summed E-state index contributed by atoms with van der Waals surface area (Å²) in [4.78, 5) is 23.8. The second kappa shape index (κ2) is 6.77. The fourth-order valence-electron chi connectivity index (χ4n) is 1.55. The Bertz CT molecular complexity index is 327. The molecule has 0 atom stereocenters. The highest BCUT2D eigenvalue weighted by molar-refractivity contribution is 5.81. The average molecular weight is 280 g/mol. The van der Waals surface area contributed by atoms with E-state index in [1.807, 2.05) is 0 Å². The van der Waals surface area contributed by atoms with Crippen molar-refractivity contribution in [2.45, 2.75) is 38.3 Å². The van der Waals surface area contributed by atoms with Crippen molar-refractivity contribution in [2.75, 3.05) is 20.1 Å². The molecule has 110 valence electrons. The standard InChI is InChI=1S/C12H19F3N2O2/c1-17(8-6-12(13,14)15)10(18)3-2-7-16-11(19)9-4-5-9/h9H,2-8H2,1H3,(H,16,19). The van der Waals surface area contributed by atoms with E-state index in [0.29, 0.717) is 13.0 Å². The van der Waals surface area contributed by atoms with Gasteiger partial charge in [0.05, 0.1) is 6.42 Å². The minimum atomic E-state index is -4.24. The van der Waals surface area contributed by atoms with Crippen LogP contribution in [0.1, 0.15) is 32.1 Å². The highest BCUT2D eigenvalue weighted by atomic mass is 19.4. The van der Waals surface area contributed by atoms with E-state index in [4.69, 9.17) is 0 Å². The van der Waals surface area contributed by atoms with Crippen LogP contribution in [-0.2, 0) is 9.59 Å². The molecule has 0 aliphatic heterocycles. The zero-order chi connectivity index (χ0) is 14.5. The van der Waals surface area contributed by atoms with Gasteiger partial charge in [0.2, 0.25) is 11.8 Å². The summed E-state index contributed by atoms with van der Waals surface area (Å²) in [5.41, 5.74) is 0. The van der Waals surface area contributed by atoms with Gasteiger partial charge in [-0.05, 0) is 19.3 Å². The minimum absolute atomic E-state index is 0.0119. The van der Waals surface area contributed by atoms with Crippen LogP contribution in [-0.4, -0.2) is 43.0 Å². The number of nitrogens with zero attached hydrogens (tertiary/aromatic N) is 1. The molecule has 0 aromatic carbocycles. The number of rotatable bonds is 7. The number of alkyl halides is 3. The maximum Gasteiger partial charge on any atom is 0.390 e. The SMILES string of the molecule is CN(CCC(F)(F)F)C(=O)CCCNC(=O)C1CC1. The number of amides is 2. The molecular formula is C12H19F3N2O2. The van der Waals surface area contributed by atoms with Crippen LogP contribution in [0.3, 0.4) is 0 Å². The predicted molar refractivity (Wildman–Crippen MR) is 63.3 cm³/mol. The lowest BCUT2D eigenvalue weighted by molar-refractivity contribution is -0.144. The van der Waals surface area contributed by atoms with E-state index in [1.54, 1.807) is 0 Å². The maximum absolute atomic E-state index is 12.0. The van der Waals surface area contributed by atoms with Crippen molar-refractivity contribution in [3.8, 4) is 0 Å². The van der Waals surface area contributed by atoms with Crippen molar-refractivity contribution in [3.63, 3.8) is 0 Å². The van der Waals surface area contributed by atoms with Crippen LogP contribution >= 0.6 is 0 Å². The number of carbonyl (C=O) groups excluding carboxylic acids is 2. The number of hydrogen-bond acceptors (Lipinski definition) is 2. The van der Waals surface area contributed by atoms with Crippen molar-refractivity contribution in [3.05, 3.63) is 0 Å². The second-order valence-electron chi connectivity index (χ2n) is 4.85. The Kier molecular flexibility index (Phi) is 5.62. The lowest BCUT2D eigenvalue weighted by atomic mass is 10.2. The van der Waals surface area contributed by atoms with Crippen LogP contribution in [0.5, 0.6) is 0 Å². The number of carbonyl (C=O) groups is 2. The molecule has 1 fully saturated rings. The Balaban J connectivity index is 2.07.